The molecule has 0 atom stereocenters. The molecule has 0 saturated heterocycles. The van der Waals surface area contributed by atoms with E-state index in [1.807, 2.05) is 6.07 Å². The first-order chi connectivity index (χ1) is 6.07. The summed E-state index contributed by atoms with van der Waals surface area (Å²) >= 11 is 5.92. The zero-order chi connectivity index (χ0) is 10.0. The molecule has 1 rings (SSSR count). The molecule has 1 N–H and O–H groups in total. The van der Waals surface area contributed by atoms with Crippen molar-refractivity contribution in [1.82, 2.24) is 0 Å². The average Bonchev–Trinajstić information content (AvgIpc) is 2.09. The van der Waals surface area contributed by atoms with Crippen molar-refractivity contribution < 1.29 is 5.11 Å². The SMILES string of the molecule is Cc1cc(Cl)c(CC#N)c(C)c1O. The van der Waals surface area contributed by atoms with E-state index in [9.17, 15) is 5.11 Å². The molecule has 0 amide bonds. The number of hydrogen-bond acceptors (Lipinski definition) is 2. The van der Waals surface area contributed by atoms with Gasteiger partial charge in [0.05, 0.1) is 12.5 Å². The Morgan fingerprint density at radius 2 is 2.15 bits per heavy atom. The normalized spacial score (nSPS) is 9.69. The first kappa shape index (κ1) is 9.88. The third kappa shape index (κ3) is 1.76. The van der Waals surface area contributed by atoms with Gasteiger partial charge in [0.25, 0.3) is 0 Å². The van der Waals surface area contributed by atoms with E-state index in [0.717, 1.165) is 5.56 Å². The highest BCUT2D eigenvalue weighted by atomic mass is 35.5. The van der Waals surface area contributed by atoms with E-state index in [4.69, 9.17) is 16.9 Å². The Morgan fingerprint density at radius 3 is 2.69 bits per heavy atom. The topological polar surface area (TPSA) is 44.0 Å². The second kappa shape index (κ2) is 3.68. The van der Waals surface area contributed by atoms with Gasteiger partial charge in [0.1, 0.15) is 5.75 Å². The lowest BCUT2D eigenvalue weighted by Gasteiger charge is -2.09. The van der Waals surface area contributed by atoms with Gasteiger partial charge in [-0.25, -0.2) is 0 Å². The molecule has 0 bridgehead atoms. The molecule has 0 heterocycles. The Labute approximate surface area is 82.4 Å². The molecule has 68 valence electrons. The Balaban J connectivity index is 3.36. The second-order valence-corrected chi connectivity index (χ2v) is 3.37. The molecule has 1 aromatic rings. The maximum absolute atomic E-state index is 9.57. The first-order valence-corrected chi connectivity index (χ1v) is 4.30. The predicted molar refractivity (Wildman–Crippen MR) is 51.9 cm³/mol. The fraction of sp³-hybridized carbons (Fsp3) is 0.300. The summed E-state index contributed by atoms with van der Waals surface area (Å²) < 4.78 is 0. The Bertz CT molecular complexity index is 379. The van der Waals surface area contributed by atoms with Crippen LogP contribution in [0.15, 0.2) is 6.07 Å². The number of benzene rings is 1. The van der Waals surface area contributed by atoms with Crippen molar-refractivity contribution in [3.63, 3.8) is 0 Å². The predicted octanol–water partition coefficient (Wildman–Crippen LogP) is 2.73. The van der Waals surface area contributed by atoms with Gasteiger partial charge >= 0.3 is 0 Å². The number of hydrogen-bond donors (Lipinski definition) is 1. The summed E-state index contributed by atoms with van der Waals surface area (Å²) in [6.07, 6.45) is 0.235. The lowest BCUT2D eigenvalue weighted by Crippen LogP contribution is -1.92. The van der Waals surface area contributed by atoms with Crippen LogP contribution < -0.4 is 0 Å². The molecule has 0 fully saturated rings. The van der Waals surface area contributed by atoms with Crippen LogP contribution in [-0.4, -0.2) is 5.11 Å². The van der Waals surface area contributed by atoms with Gasteiger partial charge in [-0.1, -0.05) is 11.6 Å². The highest BCUT2D eigenvalue weighted by molar-refractivity contribution is 6.31. The van der Waals surface area contributed by atoms with Crippen molar-refractivity contribution >= 4 is 11.6 Å². The van der Waals surface area contributed by atoms with Gasteiger partial charge in [0, 0.05) is 5.02 Å². The molecule has 1 aromatic carbocycles. The van der Waals surface area contributed by atoms with Crippen LogP contribution in [0.25, 0.3) is 0 Å². The molecule has 13 heavy (non-hydrogen) atoms. The number of aromatic hydroxyl groups is 1. The van der Waals surface area contributed by atoms with Crippen LogP contribution in [0.4, 0.5) is 0 Å². The van der Waals surface area contributed by atoms with Crippen LogP contribution in [0.3, 0.4) is 0 Å². The molecule has 0 aliphatic heterocycles. The summed E-state index contributed by atoms with van der Waals surface area (Å²) in [5.41, 5.74) is 2.16. The van der Waals surface area contributed by atoms with Crippen LogP contribution in [0.2, 0.25) is 5.02 Å². The van der Waals surface area contributed by atoms with E-state index in [0.29, 0.717) is 16.1 Å². The van der Waals surface area contributed by atoms with E-state index in [1.165, 1.54) is 0 Å². The number of nitriles is 1. The number of halogens is 1. The lowest BCUT2D eigenvalue weighted by molar-refractivity contribution is 0.466. The molecule has 0 aliphatic rings. The van der Waals surface area contributed by atoms with E-state index in [2.05, 4.69) is 0 Å². The summed E-state index contributed by atoms with van der Waals surface area (Å²) in [6.45, 7) is 3.55. The molecule has 0 radical (unpaired) electrons. The maximum Gasteiger partial charge on any atom is 0.121 e. The fourth-order valence-electron chi connectivity index (χ4n) is 1.26. The largest absolute Gasteiger partial charge is 0.507 e. The molecule has 0 unspecified atom stereocenters. The minimum atomic E-state index is 0.231. The molecular formula is C10H10ClNO. The average molecular weight is 196 g/mol. The Hall–Kier alpha value is -1.20. The van der Waals surface area contributed by atoms with Crippen LogP contribution in [0.1, 0.15) is 16.7 Å². The van der Waals surface area contributed by atoms with E-state index < -0.39 is 0 Å². The van der Waals surface area contributed by atoms with Crippen LogP contribution in [-0.2, 0) is 6.42 Å². The van der Waals surface area contributed by atoms with E-state index in [1.54, 1.807) is 19.9 Å². The molecule has 0 spiro atoms. The maximum atomic E-state index is 9.57. The molecule has 2 nitrogen and oxygen atoms in total. The second-order valence-electron chi connectivity index (χ2n) is 2.96. The number of phenols is 1. The number of aryl methyl sites for hydroxylation is 1. The van der Waals surface area contributed by atoms with Gasteiger partial charge in [-0.15, -0.1) is 0 Å². The number of nitrogens with zero attached hydrogens (tertiary/aromatic N) is 1. The summed E-state index contributed by atoms with van der Waals surface area (Å²) in [6, 6.07) is 3.69. The van der Waals surface area contributed by atoms with Crippen molar-refractivity contribution in [2.45, 2.75) is 20.3 Å². The Morgan fingerprint density at radius 1 is 1.54 bits per heavy atom. The highest BCUT2D eigenvalue weighted by Gasteiger charge is 2.10. The summed E-state index contributed by atoms with van der Waals surface area (Å²) in [5.74, 6) is 0.231. The van der Waals surface area contributed by atoms with E-state index in [-0.39, 0.29) is 12.2 Å². The lowest BCUT2D eigenvalue weighted by atomic mass is 10.0. The van der Waals surface area contributed by atoms with Gasteiger partial charge in [0.15, 0.2) is 0 Å². The minimum absolute atomic E-state index is 0.231. The third-order valence-corrected chi connectivity index (χ3v) is 2.41. The summed E-state index contributed by atoms with van der Waals surface area (Å²) in [4.78, 5) is 0. The van der Waals surface area contributed by atoms with Crippen molar-refractivity contribution in [1.29, 1.82) is 5.26 Å². The highest BCUT2D eigenvalue weighted by Crippen LogP contribution is 2.30. The quantitative estimate of drug-likeness (QED) is 0.749. The first-order valence-electron chi connectivity index (χ1n) is 3.92. The van der Waals surface area contributed by atoms with Crippen molar-refractivity contribution in [3.8, 4) is 11.8 Å². The molecule has 0 aliphatic carbocycles. The zero-order valence-corrected chi connectivity index (χ0v) is 8.31. The monoisotopic (exact) mass is 195 g/mol. The molecule has 3 heteroatoms. The van der Waals surface area contributed by atoms with Gasteiger partial charge in [0.2, 0.25) is 0 Å². The van der Waals surface area contributed by atoms with Crippen molar-refractivity contribution in [3.05, 3.63) is 27.8 Å². The van der Waals surface area contributed by atoms with Gasteiger partial charge in [-0.3, -0.25) is 0 Å². The van der Waals surface area contributed by atoms with E-state index >= 15 is 0 Å². The molecule has 0 aromatic heterocycles. The Kier molecular flexibility index (Phi) is 2.79. The standard InChI is InChI=1S/C10H10ClNO/c1-6-5-9(11)8(3-4-12)7(2)10(6)13/h5,13H,3H2,1-2H3. The van der Waals surface area contributed by atoms with Gasteiger partial charge < -0.3 is 5.11 Å². The summed E-state index contributed by atoms with van der Waals surface area (Å²) in [5, 5.41) is 18.7. The molecule has 0 saturated carbocycles. The van der Waals surface area contributed by atoms with Crippen LogP contribution in [0.5, 0.6) is 5.75 Å². The molecular weight excluding hydrogens is 186 g/mol. The van der Waals surface area contributed by atoms with Crippen LogP contribution in [0, 0.1) is 25.2 Å². The van der Waals surface area contributed by atoms with Gasteiger partial charge in [-0.2, -0.15) is 5.26 Å². The zero-order valence-electron chi connectivity index (χ0n) is 7.56. The third-order valence-electron chi connectivity index (χ3n) is 2.07. The number of rotatable bonds is 1. The van der Waals surface area contributed by atoms with Crippen LogP contribution >= 0.6 is 11.6 Å². The smallest absolute Gasteiger partial charge is 0.121 e. The minimum Gasteiger partial charge on any atom is -0.507 e. The summed E-state index contributed by atoms with van der Waals surface area (Å²) in [7, 11) is 0. The van der Waals surface area contributed by atoms with Crippen molar-refractivity contribution in [2.75, 3.05) is 0 Å². The number of phenolic OH excluding ortho intramolecular Hbond substituents is 1. The van der Waals surface area contributed by atoms with Gasteiger partial charge in [-0.05, 0) is 36.6 Å². The fourth-order valence-corrected chi connectivity index (χ4v) is 1.63. The van der Waals surface area contributed by atoms with Crippen molar-refractivity contribution in [2.24, 2.45) is 0 Å².